The monoisotopic (exact) mass is 261 g/mol. The van der Waals surface area contributed by atoms with Crippen LogP contribution in [0.1, 0.15) is 5.56 Å². The van der Waals surface area contributed by atoms with Crippen LogP contribution in [0.3, 0.4) is 0 Å². The Balaban J connectivity index is 2.08. The van der Waals surface area contributed by atoms with E-state index >= 15 is 0 Å². The highest BCUT2D eigenvalue weighted by Crippen LogP contribution is 2.27. The van der Waals surface area contributed by atoms with Crippen molar-refractivity contribution in [1.29, 1.82) is 0 Å². The highest BCUT2D eigenvalue weighted by atomic mass is 32.2. The molecule has 2 N–H and O–H groups in total. The summed E-state index contributed by atoms with van der Waals surface area (Å²) in [6.07, 6.45) is 4.45. The minimum atomic E-state index is 0.617. The van der Waals surface area contributed by atoms with Crippen LogP contribution in [0.5, 0.6) is 5.75 Å². The molecule has 0 radical (unpaired) electrons. The lowest BCUT2D eigenvalue weighted by molar-refractivity contribution is 0.413. The van der Waals surface area contributed by atoms with E-state index in [1.54, 1.807) is 7.11 Å². The van der Waals surface area contributed by atoms with Crippen LogP contribution in [0, 0.1) is 0 Å². The van der Waals surface area contributed by atoms with Gasteiger partial charge in [0, 0.05) is 17.3 Å². The van der Waals surface area contributed by atoms with E-state index in [9.17, 15) is 0 Å². The molecule has 2 aromatic rings. The van der Waals surface area contributed by atoms with Crippen molar-refractivity contribution < 1.29 is 4.74 Å². The van der Waals surface area contributed by atoms with E-state index in [1.165, 1.54) is 11.8 Å². The lowest BCUT2D eigenvalue weighted by Crippen LogP contribution is -2.03. The highest BCUT2D eigenvalue weighted by molar-refractivity contribution is 7.99. The molecule has 0 amide bonds. The Morgan fingerprint density at radius 1 is 1.28 bits per heavy atom. The van der Waals surface area contributed by atoms with Gasteiger partial charge in [0.1, 0.15) is 5.75 Å². The molecule has 5 heteroatoms. The molecule has 0 unspecified atom stereocenters. The van der Waals surface area contributed by atoms with Gasteiger partial charge in [0.15, 0.2) is 5.16 Å². The third-order valence-corrected chi connectivity index (χ3v) is 3.25. The van der Waals surface area contributed by atoms with E-state index in [4.69, 9.17) is 10.5 Å². The smallest absolute Gasteiger partial charge is 0.192 e. The van der Waals surface area contributed by atoms with Crippen LogP contribution in [0.25, 0.3) is 0 Å². The number of hydrogen-bond acceptors (Lipinski definition) is 5. The fourth-order valence-electron chi connectivity index (χ4n) is 1.46. The average molecular weight is 261 g/mol. The normalized spacial score (nSPS) is 10.3. The van der Waals surface area contributed by atoms with Gasteiger partial charge in [-0.2, -0.15) is 0 Å². The minimum Gasteiger partial charge on any atom is -0.497 e. The van der Waals surface area contributed by atoms with E-state index < -0.39 is 0 Å². The van der Waals surface area contributed by atoms with Crippen LogP contribution >= 0.6 is 11.8 Å². The summed E-state index contributed by atoms with van der Waals surface area (Å²) in [5.41, 5.74) is 6.54. The number of rotatable bonds is 5. The predicted molar refractivity (Wildman–Crippen MR) is 71.9 cm³/mol. The van der Waals surface area contributed by atoms with Crippen molar-refractivity contribution in [2.45, 2.75) is 16.5 Å². The Morgan fingerprint density at radius 2 is 2.06 bits per heavy atom. The summed E-state index contributed by atoms with van der Waals surface area (Å²) in [6, 6.07) is 7.82. The third-order valence-electron chi connectivity index (χ3n) is 2.36. The molecule has 0 saturated carbocycles. The molecule has 4 nitrogen and oxygen atoms in total. The zero-order chi connectivity index (χ0) is 12.8. The second-order valence-electron chi connectivity index (χ2n) is 3.69. The molecule has 1 aromatic heterocycles. The summed E-state index contributed by atoms with van der Waals surface area (Å²) >= 11 is 1.51. The molecule has 1 aromatic carbocycles. The molecule has 1 heterocycles. The topological polar surface area (TPSA) is 61.0 Å². The van der Waals surface area contributed by atoms with Crippen molar-refractivity contribution in [3.8, 4) is 5.75 Å². The molecule has 0 bridgehead atoms. The fourth-order valence-corrected chi connectivity index (χ4v) is 2.20. The first kappa shape index (κ1) is 12.9. The molecule has 0 aliphatic carbocycles. The van der Waals surface area contributed by atoms with E-state index in [-0.39, 0.29) is 0 Å². The van der Waals surface area contributed by atoms with Crippen molar-refractivity contribution in [2.24, 2.45) is 5.73 Å². The van der Waals surface area contributed by atoms with Gasteiger partial charge in [-0.1, -0.05) is 6.07 Å². The second kappa shape index (κ2) is 6.37. The molecule has 94 valence electrons. The van der Waals surface area contributed by atoms with Gasteiger partial charge in [0.2, 0.25) is 0 Å². The summed E-state index contributed by atoms with van der Waals surface area (Å²) in [7, 11) is 1.65. The molecule has 0 atom stereocenters. The minimum absolute atomic E-state index is 0.617. The van der Waals surface area contributed by atoms with Gasteiger partial charge in [0.25, 0.3) is 0 Å². The zero-order valence-corrected chi connectivity index (χ0v) is 11.0. The maximum Gasteiger partial charge on any atom is 0.192 e. The molecule has 0 saturated heterocycles. The number of nitrogens with two attached hydrogens (primary N) is 1. The quantitative estimate of drug-likeness (QED) is 0.835. The largest absolute Gasteiger partial charge is 0.497 e. The lowest BCUT2D eigenvalue weighted by atomic mass is 10.2. The first-order valence-corrected chi connectivity index (χ1v) is 6.46. The van der Waals surface area contributed by atoms with Gasteiger partial charge in [-0.25, -0.2) is 9.97 Å². The number of aromatic nitrogens is 2. The van der Waals surface area contributed by atoms with Gasteiger partial charge in [-0.15, -0.1) is 0 Å². The van der Waals surface area contributed by atoms with Crippen molar-refractivity contribution in [3.05, 3.63) is 42.2 Å². The zero-order valence-electron chi connectivity index (χ0n) is 10.2. The molecule has 2 rings (SSSR count). The third kappa shape index (κ3) is 3.45. The van der Waals surface area contributed by atoms with Crippen LogP contribution in [0.15, 0.2) is 46.7 Å². The van der Waals surface area contributed by atoms with Crippen LogP contribution in [-0.4, -0.2) is 23.6 Å². The summed E-state index contributed by atoms with van der Waals surface area (Å²) in [5, 5.41) is 0.726. The van der Waals surface area contributed by atoms with E-state index in [1.807, 2.05) is 36.7 Å². The maximum atomic E-state index is 5.48. The summed E-state index contributed by atoms with van der Waals surface area (Å²) in [4.78, 5) is 9.66. The molecule has 18 heavy (non-hydrogen) atoms. The molecule has 0 fully saturated rings. The van der Waals surface area contributed by atoms with E-state index in [0.29, 0.717) is 6.54 Å². The van der Waals surface area contributed by atoms with Gasteiger partial charge < -0.3 is 10.5 Å². The van der Waals surface area contributed by atoms with E-state index in [0.717, 1.165) is 27.8 Å². The summed E-state index contributed by atoms with van der Waals surface area (Å²) in [6.45, 7) is 0.617. The first-order chi connectivity index (χ1) is 8.81. The van der Waals surface area contributed by atoms with Gasteiger partial charge in [0.05, 0.1) is 7.11 Å². The molecular formula is C13H15N3OS. The van der Waals surface area contributed by atoms with Gasteiger partial charge in [-0.3, -0.25) is 0 Å². The number of ether oxygens (including phenoxy) is 1. The van der Waals surface area contributed by atoms with Crippen LogP contribution < -0.4 is 10.5 Å². The Labute approximate surface area is 111 Å². The molecule has 0 spiro atoms. The summed E-state index contributed by atoms with van der Waals surface area (Å²) < 4.78 is 5.18. The number of hydrogen-bond donors (Lipinski definition) is 1. The lowest BCUT2D eigenvalue weighted by Gasteiger charge is -2.03. The van der Waals surface area contributed by atoms with Crippen LogP contribution in [0.2, 0.25) is 0 Å². The average Bonchev–Trinajstić information content (AvgIpc) is 2.42. The Morgan fingerprint density at radius 3 is 2.72 bits per heavy atom. The van der Waals surface area contributed by atoms with Gasteiger partial charge >= 0.3 is 0 Å². The Hall–Kier alpha value is -1.59. The SMILES string of the molecule is COc1cccc(Sc2ncc(CCN)cn2)c1. The highest BCUT2D eigenvalue weighted by Gasteiger charge is 2.02. The number of methoxy groups -OCH3 is 1. The van der Waals surface area contributed by atoms with Crippen molar-refractivity contribution >= 4 is 11.8 Å². The maximum absolute atomic E-state index is 5.48. The van der Waals surface area contributed by atoms with Crippen LogP contribution in [0.4, 0.5) is 0 Å². The molecular weight excluding hydrogens is 246 g/mol. The van der Waals surface area contributed by atoms with Gasteiger partial charge in [-0.05, 0) is 48.5 Å². The Kier molecular flexibility index (Phi) is 4.55. The summed E-state index contributed by atoms with van der Waals surface area (Å²) in [5.74, 6) is 0.833. The molecule has 0 aliphatic heterocycles. The van der Waals surface area contributed by atoms with E-state index in [2.05, 4.69) is 9.97 Å². The second-order valence-corrected chi connectivity index (χ2v) is 4.73. The van der Waals surface area contributed by atoms with Crippen molar-refractivity contribution in [2.75, 3.05) is 13.7 Å². The number of nitrogens with zero attached hydrogens (tertiary/aromatic N) is 2. The van der Waals surface area contributed by atoms with Crippen molar-refractivity contribution in [3.63, 3.8) is 0 Å². The molecule has 0 aliphatic rings. The fraction of sp³-hybridized carbons (Fsp3) is 0.231. The number of benzene rings is 1. The Bertz CT molecular complexity index is 502. The first-order valence-electron chi connectivity index (χ1n) is 5.64. The van der Waals surface area contributed by atoms with Crippen molar-refractivity contribution in [1.82, 2.24) is 9.97 Å². The predicted octanol–water partition coefficient (Wildman–Crippen LogP) is 2.14. The standard InChI is InChI=1S/C13H15N3OS/c1-17-11-3-2-4-12(7-11)18-13-15-8-10(5-6-14)9-16-13/h2-4,7-9H,5-6,14H2,1H3. The van der Waals surface area contributed by atoms with Crippen LogP contribution in [-0.2, 0) is 6.42 Å².